The van der Waals surface area contributed by atoms with Crippen LogP contribution in [-0.2, 0) is 0 Å². The Morgan fingerprint density at radius 3 is 2.79 bits per heavy atom. The van der Waals surface area contributed by atoms with Crippen molar-refractivity contribution in [3.8, 4) is 0 Å². The normalized spacial score (nSPS) is 10.8. The molecule has 0 bridgehead atoms. The predicted octanol–water partition coefficient (Wildman–Crippen LogP) is 3.47. The van der Waals surface area contributed by atoms with Gasteiger partial charge in [-0.05, 0) is 30.0 Å². The fourth-order valence-corrected chi connectivity index (χ4v) is 1.48. The van der Waals surface area contributed by atoms with Gasteiger partial charge in [-0.3, -0.25) is 4.99 Å². The molecule has 0 aliphatic carbocycles. The number of aliphatic imine (C=N–C) groups is 1. The van der Waals surface area contributed by atoms with Crippen LogP contribution >= 0.6 is 0 Å². The molecule has 1 nitrogen and oxygen atoms in total. The van der Waals surface area contributed by atoms with Crippen molar-refractivity contribution in [3.63, 3.8) is 0 Å². The van der Waals surface area contributed by atoms with Crippen molar-refractivity contribution >= 4 is 11.8 Å². The number of hydrogen-bond acceptors (Lipinski definition) is 1. The first-order chi connectivity index (χ1) is 6.70. The number of aryl methyl sites for hydroxylation is 1. The Morgan fingerprint density at radius 1 is 1.50 bits per heavy atom. The molecule has 0 aromatic heterocycles. The number of rotatable bonds is 3. The van der Waals surface area contributed by atoms with Crippen LogP contribution in [0, 0.1) is 6.92 Å². The lowest BCUT2D eigenvalue weighted by Crippen LogP contribution is -1.94. The highest BCUT2D eigenvalue weighted by molar-refractivity contribution is 5.89. The van der Waals surface area contributed by atoms with E-state index in [1.54, 1.807) is 7.05 Å². The molecule has 1 aromatic carbocycles. The van der Waals surface area contributed by atoms with E-state index in [0.29, 0.717) is 0 Å². The van der Waals surface area contributed by atoms with Crippen molar-refractivity contribution in [2.24, 2.45) is 4.99 Å². The van der Waals surface area contributed by atoms with Gasteiger partial charge >= 0.3 is 0 Å². The van der Waals surface area contributed by atoms with E-state index in [1.807, 2.05) is 6.21 Å². The molecule has 0 atom stereocenters. The van der Waals surface area contributed by atoms with E-state index in [2.05, 4.69) is 43.6 Å². The van der Waals surface area contributed by atoms with Gasteiger partial charge in [-0.1, -0.05) is 31.7 Å². The van der Waals surface area contributed by atoms with Gasteiger partial charge in [0.25, 0.3) is 0 Å². The van der Waals surface area contributed by atoms with Gasteiger partial charge in [-0.2, -0.15) is 0 Å². The third kappa shape index (κ3) is 2.11. The molecule has 1 rings (SSSR count). The second-order valence-corrected chi connectivity index (χ2v) is 3.38. The molecule has 0 saturated carbocycles. The maximum Gasteiger partial charge on any atom is 0.0290 e. The maximum absolute atomic E-state index is 4.08. The third-order valence-electron chi connectivity index (χ3n) is 2.39. The lowest BCUT2D eigenvalue weighted by molar-refractivity contribution is 1.24. The molecule has 0 N–H and O–H groups in total. The zero-order chi connectivity index (χ0) is 10.6. The minimum absolute atomic E-state index is 0.980. The highest BCUT2D eigenvalue weighted by Crippen LogP contribution is 2.21. The Kier molecular flexibility index (Phi) is 3.63. The molecule has 0 radical (unpaired) electrons. The molecular formula is C13H17N. The molecule has 0 fully saturated rings. The van der Waals surface area contributed by atoms with E-state index < -0.39 is 0 Å². The fraction of sp³-hybridized carbons (Fsp3) is 0.308. The van der Waals surface area contributed by atoms with Crippen LogP contribution in [-0.4, -0.2) is 13.3 Å². The summed E-state index contributed by atoms with van der Waals surface area (Å²) < 4.78 is 0. The highest BCUT2D eigenvalue weighted by atomic mass is 14.6. The summed E-state index contributed by atoms with van der Waals surface area (Å²) in [7, 11) is 1.80. The quantitative estimate of drug-likeness (QED) is 0.642. The monoisotopic (exact) mass is 187 g/mol. The molecule has 14 heavy (non-hydrogen) atoms. The molecule has 0 aliphatic rings. The highest BCUT2D eigenvalue weighted by Gasteiger charge is 2.04. The SMILES string of the molecule is C=C(CC)c1cccc(C)c1/C=N\C. The van der Waals surface area contributed by atoms with Crippen LogP contribution in [0.1, 0.15) is 30.0 Å². The van der Waals surface area contributed by atoms with Gasteiger partial charge in [-0.25, -0.2) is 0 Å². The van der Waals surface area contributed by atoms with Crippen molar-refractivity contribution in [1.82, 2.24) is 0 Å². The molecule has 0 spiro atoms. The van der Waals surface area contributed by atoms with E-state index in [1.165, 1.54) is 22.3 Å². The summed E-state index contributed by atoms with van der Waals surface area (Å²) >= 11 is 0. The molecule has 0 amide bonds. The van der Waals surface area contributed by atoms with Crippen molar-refractivity contribution in [3.05, 3.63) is 41.5 Å². The van der Waals surface area contributed by atoms with Crippen LogP contribution in [0.5, 0.6) is 0 Å². The largest absolute Gasteiger partial charge is 0.296 e. The Bertz CT molecular complexity index is 361. The average molecular weight is 187 g/mol. The summed E-state index contributed by atoms with van der Waals surface area (Å²) in [6, 6.07) is 6.28. The molecule has 74 valence electrons. The minimum Gasteiger partial charge on any atom is -0.296 e. The first-order valence-electron chi connectivity index (χ1n) is 4.90. The summed E-state index contributed by atoms with van der Waals surface area (Å²) in [6.07, 6.45) is 2.89. The van der Waals surface area contributed by atoms with Crippen molar-refractivity contribution < 1.29 is 0 Å². The Balaban J connectivity index is 3.27. The average Bonchev–Trinajstić information content (AvgIpc) is 2.20. The second-order valence-electron chi connectivity index (χ2n) is 3.38. The van der Waals surface area contributed by atoms with E-state index in [0.717, 1.165) is 6.42 Å². The molecular weight excluding hydrogens is 170 g/mol. The first kappa shape index (κ1) is 10.7. The molecule has 0 unspecified atom stereocenters. The number of allylic oxidation sites excluding steroid dienone is 1. The van der Waals surface area contributed by atoms with E-state index in [-0.39, 0.29) is 0 Å². The molecule has 0 heterocycles. The topological polar surface area (TPSA) is 12.4 Å². The van der Waals surface area contributed by atoms with Crippen LogP contribution in [0.4, 0.5) is 0 Å². The lowest BCUT2D eigenvalue weighted by Gasteiger charge is -2.09. The minimum atomic E-state index is 0.980. The Hall–Kier alpha value is -1.37. The zero-order valence-corrected chi connectivity index (χ0v) is 9.17. The van der Waals surface area contributed by atoms with Gasteiger partial charge in [-0.15, -0.1) is 0 Å². The third-order valence-corrected chi connectivity index (χ3v) is 2.39. The lowest BCUT2D eigenvalue weighted by atomic mass is 9.96. The van der Waals surface area contributed by atoms with Crippen LogP contribution in [0.3, 0.4) is 0 Å². The van der Waals surface area contributed by atoms with Crippen LogP contribution in [0.25, 0.3) is 5.57 Å². The van der Waals surface area contributed by atoms with Gasteiger partial charge in [0.1, 0.15) is 0 Å². The number of nitrogens with zero attached hydrogens (tertiary/aromatic N) is 1. The number of hydrogen-bond donors (Lipinski definition) is 0. The van der Waals surface area contributed by atoms with Crippen LogP contribution < -0.4 is 0 Å². The first-order valence-corrected chi connectivity index (χ1v) is 4.90. The van der Waals surface area contributed by atoms with Crippen molar-refractivity contribution in [1.29, 1.82) is 0 Å². The molecule has 1 aromatic rings. The summed E-state index contributed by atoms with van der Waals surface area (Å²) in [5.41, 5.74) is 4.84. The Morgan fingerprint density at radius 2 is 2.21 bits per heavy atom. The summed E-state index contributed by atoms with van der Waals surface area (Å²) in [5.74, 6) is 0. The smallest absolute Gasteiger partial charge is 0.0290 e. The fourth-order valence-electron chi connectivity index (χ4n) is 1.48. The summed E-state index contributed by atoms with van der Waals surface area (Å²) in [5, 5.41) is 0. The van der Waals surface area contributed by atoms with Gasteiger partial charge in [0.05, 0.1) is 0 Å². The van der Waals surface area contributed by atoms with Gasteiger partial charge in [0.2, 0.25) is 0 Å². The summed E-state index contributed by atoms with van der Waals surface area (Å²) in [4.78, 5) is 4.08. The van der Waals surface area contributed by atoms with E-state index >= 15 is 0 Å². The predicted molar refractivity (Wildman–Crippen MR) is 64.0 cm³/mol. The summed E-state index contributed by atoms with van der Waals surface area (Å²) in [6.45, 7) is 8.29. The van der Waals surface area contributed by atoms with Gasteiger partial charge < -0.3 is 0 Å². The zero-order valence-electron chi connectivity index (χ0n) is 9.17. The van der Waals surface area contributed by atoms with Crippen molar-refractivity contribution in [2.45, 2.75) is 20.3 Å². The van der Waals surface area contributed by atoms with E-state index in [4.69, 9.17) is 0 Å². The van der Waals surface area contributed by atoms with E-state index in [9.17, 15) is 0 Å². The molecule has 0 aliphatic heterocycles. The maximum atomic E-state index is 4.08. The molecule has 1 heteroatoms. The van der Waals surface area contributed by atoms with Crippen LogP contribution in [0.15, 0.2) is 29.8 Å². The standard InChI is InChI=1S/C13H17N/c1-5-10(2)12-8-6-7-11(3)13(12)9-14-4/h6-9H,2,5H2,1,3-4H3/b14-9-. The van der Waals surface area contributed by atoms with Crippen molar-refractivity contribution in [2.75, 3.05) is 7.05 Å². The van der Waals surface area contributed by atoms with Crippen LogP contribution in [0.2, 0.25) is 0 Å². The number of benzene rings is 1. The van der Waals surface area contributed by atoms with Gasteiger partial charge in [0, 0.05) is 18.8 Å². The Labute approximate surface area is 86.2 Å². The van der Waals surface area contributed by atoms with Gasteiger partial charge in [0.15, 0.2) is 0 Å². The molecule has 0 saturated heterocycles. The second kappa shape index (κ2) is 4.75.